The monoisotopic (exact) mass is 552 g/mol. The van der Waals surface area contributed by atoms with E-state index in [4.69, 9.17) is 20.8 Å². The zero-order valence-electron chi connectivity index (χ0n) is 23.9. The molecule has 0 radical (unpaired) electrons. The molecule has 6 rings (SSSR count). The molecule has 11 heteroatoms. The predicted octanol–water partition coefficient (Wildman–Crippen LogP) is 3.79. The molecule has 0 aliphatic carbocycles. The van der Waals surface area contributed by atoms with E-state index in [9.17, 15) is 4.79 Å². The lowest BCUT2D eigenvalue weighted by molar-refractivity contribution is 0.0962. The van der Waals surface area contributed by atoms with Crippen molar-refractivity contribution in [1.29, 1.82) is 0 Å². The first-order chi connectivity index (χ1) is 19.8. The number of hydrogen-bond acceptors (Lipinski definition) is 8. The number of carbonyl (C=O) groups excluding carboxylic acids is 1. The number of hydrogen-bond donors (Lipinski definition) is 3. The van der Waals surface area contributed by atoms with Gasteiger partial charge in [-0.15, -0.1) is 0 Å². The van der Waals surface area contributed by atoms with Crippen molar-refractivity contribution in [3.63, 3.8) is 0 Å². The summed E-state index contributed by atoms with van der Waals surface area (Å²) >= 11 is 0. The Hall–Kier alpha value is -4.51. The van der Waals surface area contributed by atoms with Gasteiger partial charge in [0.2, 0.25) is 11.9 Å². The fourth-order valence-corrected chi connectivity index (χ4v) is 5.38. The molecular formula is C30H36N10O. The van der Waals surface area contributed by atoms with Crippen LogP contribution in [0.25, 0.3) is 22.2 Å². The van der Waals surface area contributed by atoms with E-state index in [-0.39, 0.29) is 17.9 Å². The highest BCUT2D eigenvalue weighted by molar-refractivity contribution is 5.99. The second-order valence-corrected chi connectivity index (χ2v) is 11.0. The van der Waals surface area contributed by atoms with Gasteiger partial charge in [-0.1, -0.05) is 32.0 Å². The number of nitrogens with two attached hydrogens (primary N) is 1. The molecule has 41 heavy (non-hydrogen) atoms. The van der Waals surface area contributed by atoms with E-state index in [2.05, 4.69) is 40.5 Å². The summed E-state index contributed by atoms with van der Waals surface area (Å²) in [5.74, 6) is 1.50. The number of aromatic nitrogens is 6. The van der Waals surface area contributed by atoms with Crippen molar-refractivity contribution in [2.24, 2.45) is 5.73 Å². The number of piperidine rings is 1. The number of benzene rings is 2. The molecule has 2 aromatic carbocycles. The van der Waals surface area contributed by atoms with E-state index >= 15 is 0 Å². The molecule has 212 valence electrons. The van der Waals surface area contributed by atoms with E-state index in [0.29, 0.717) is 24.0 Å². The number of amides is 1. The number of rotatable bonds is 7. The highest BCUT2D eigenvalue weighted by Gasteiger charge is 2.22. The second-order valence-electron chi connectivity index (χ2n) is 11.0. The minimum atomic E-state index is -0.107. The largest absolute Gasteiger partial charge is 0.355 e. The molecule has 3 aromatic heterocycles. The van der Waals surface area contributed by atoms with Crippen LogP contribution in [-0.2, 0) is 6.54 Å². The average Bonchev–Trinajstić information content (AvgIpc) is 3.59. The Bertz CT molecular complexity index is 1730. The predicted molar refractivity (Wildman–Crippen MR) is 161 cm³/mol. The Balaban J connectivity index is 1.34. The summed E-state index contributed by atoms with van der Waals surface area (Å²) in [5.41, 5.74) is 12.4. The molecule has 1 aliphatic heterocycles. The summed E-state index contributed by atoms with van der Waals surface area (Å²) in [4.78, 5) is 24.4. The van der Waals surface area contributed by atoms with Crippen LogP contribution in [0, 0.1) is 6.92 Å². The third-order valence-electron chi connectivity index (χ3n) is 7.83. The molecule has 5 aromatic rings. The maximum atomic E-state index is 12.3. The third kappa shape index (κ3) is 5.08. The molecular weight excluding hydrogens is 516 g/mol. The fraction of sp³-hybridized carbons (Fsp3) is 0.367. The summed E-state index contributed by atoms with van der Waals surface area (Å²) in [5, 5.41) is 16.6. The Morgan fingerprint density at radius 2 is 1.93 bits per heavy atom. The van der Waals surface area contributed by atoms with Crippen LogP contribution >= 0.6 is 0 Å². The van der Waals surface area contributed by atoms with Gasteiger partial charge in [0.1, 0.15) is 0 Å². The van der Waals surface area contributed by atoms with Gasteiger partial charge in [0, 0.05) is 55.4 Å². The molecule has 0 bridgehead atoms. The quantitative estimate of drug-likeness (QED) is 0.278. The zero-order valence-corrected chi connectivity index (χ0v) is 23.9. The molecule has 0 spiro atoms. The molecule has 11 nitrogen and oxygen atoms in total. The summed E-state index contributed by atoms with van der Waals surface area (Å²) in [6.45, 7) is 8.39. The first kappa shape index (κ1) is 26.7. The number of para-hydroxylation sites is 1. The zero-order chi connectivity index (χ0) is 28.7. The first-order valence-electron chi connectivity index (χ1n) is 14.1. The van der Waals surface area contributed by atoms with Crippen molar-refractivity contribution < 1.29 is 4.79 Å². The van der Waals surface area contributed by atoms with Gasteiger partial charge in [-0.3, -0.25) is 4.79 Å². The second kappa shape index (κ2) is 10.8. The third-order valence-corrected chi connectivity index (χ3v) is 7.83. The Morgan fingerprint density at radius 1 is 1.15 bits per heavy atom. The van der Waals surface area contributed by atoms with Crippen LogP contribution < -0.4 is 21.3 Å². The van der Waals surface area contributed by atoms with E-state index in [1.54, 1.807) is 11.6 Å². The van der Waals surface area contributed by atoms with Crippen LogP contribution in [-0.4, -0.2) is 61.4 Å². The molecule has 1 aliphatic rings. The molecule has 0 unspecified atom stereocenters. The maximum Gasteiger partial charge on any atom is 0.251 e. The van der Waals surface area contributed by atoms with Gasteiger partial charge in [0.25, 0.3) is 5.91 Å². The van der Waals surface area contributed by atoms with Crippen LogP contribution in [0.4, 0.5) is 11.9 Å². The van der Waals surface area contributed by atoms with Gasteiger partial charge in [-0.2, -0.15) is 24.7 Å². The molecule has 4 N–H and O–H groups in total. The number of nitrogens with one attached hydrogen (secondary N) is 2. The van der Waals surface area contributed by atoms with Crippen LogP contribution in [0.5, 0.6) is 0 Å². The fourth-order valence-electron chi connectivity index (χ4n) is 5.38. The molecule has 1 amide bonds. The summed E-state index contributed by atoms with van der Waals surface area (Å²) in [7, 11) is 1.64. The highest BCUT2D eigenvalue weighted by Crippen LogP contribution is 2.26. The van der Waals surface area contributed by atoms with Crippen molar-refractivity contribution in [2.45, 2.75) is 52.1 Å². The van der Waals surface area contributed by atoms with Crippen LogP contribution in [0.1, 0.15) is 59.7 Å². The van der Waals surface area contributed by atoms with Gasteiger partial charge in [-0.05, 0) is 55.0 Å². The maximum absolute atomic E-state index is 12.3. The molecule has 0 saturated carbocycles. The van der Waals surface area contributed by atoms with Gasteiger partial charge >= 0.3 is 0 Å². The van der Waals surface area contributed by atoms with Gasteiger partial charge in [-0.25, -0.2) is 4.68 Å². The summed E-state index contributed by atoms with van der Waals surface area (Å²) in [6.07, 6.45) is 5.69. The molecule has 4 heterocycles. The van der Waals surface area contributed by atoms with E-state index in [0.717, 1.165) is 64.9 Å². The SMILES string of the molecule is CNC(=O)c1cc2cn(-c3ccccc3CNc3nc(N4CCC(N)CC4)nc4c(C(C)C)cnn34)nc2cc1C. The van der Waals surface area contributed by atoms with E-state index in [1.165, 1.54) is 0 Å². The van der Waals surface area contributed by atoms with Crippen molar-refractivity contribution in [3.05, 3.63) is 71.0 Å². The summed E-state index contributed by atoms with van der Waals surface area (Å²) in [6, 6.07) is 12.2. The normalized spacial score (nSPS) is 14.3. The van der Waals surface area contributed by atoms with Crippen molar-refractivity contribution in [2.75, 3.05) is 30.4 Å². The minimum Gasteiger partial charge on any atom is -0.355 e. The molecule has 1 fully saturated rings. The van der Waals surface area contributed by atoms with Gasteiger partial charge in [0.15, 0.2) is 5.65 Å². The van der Waals surface area contributed by atoms with Crippen LogP contribution in [0.15, 0.2) is 48.8 Å². The van der Waals surface area contributed by atoms with Crippen molar-refractivity contribution >= 4 is 34.4 Å². The van der Waals surface area contributed by atoms with E-state index in [1.807, 2.05) is 54.3 Å². The lowest BCUT2D eigenvalue weighted by Crippen LogP contribution is -2.40. The smallest absolute Gasteiger partial charge is 0.251 e. The Morgan fingerprint density at radius 3 is 2.68 bits per heavy atom. The van der Waals surface area contributed by atoms with Gasteiger partial charge in [0.05, 0.1) is 17.4 Å². The summed E-state index contributed by atoms with van der Waals surface area (Å²) < 4.78 is 3.67. The number of aryl methyl sites for hydroxylation is 1. The lowest BCUT2D eigenvalue weighted by Gasteiger charge is -2.30. The van der Waals surface area contributed by atoms with Crippen molar-refractivity contribution in [3.8, 4) is 5.69 Å². The van der Waals surface area contributed by atoms with Crippen molar-refractivity contribution in [1.82, 2.24) is 34.7 Å². The molecule has 1 saturated heterocycles. The van der Waals surface area contributed by atoms with E-state index < -0.39 is 0 Å². The lowest BCUT2D eigenvalue weighted by atomic mass is 10.1. The minimum absolute atomic E-state index is 0.107. The first-order valence-corrected chi connectivity index (χ1v) is 14.1. The number of nitrogens with zero attached hydrogens (tertiary/aromatic N) is 7. The van der Waals surface area contributed by atoms with Gasteiger partial charge < -0.3 is 21.3 Å². The standard InChI is InChI=1S/C30H36N10O/c1-18(2)24-16-34-40-27(24)35-30(38-11-9-22(31)10-12-38)36-29(40)33-15-20-7-5-6-8-26(20)39-17-21-14-23(28(41)32-4)19(3)13-25(21)37-39/h5-8,13-14,16-18,22H,9-12,15,31H2,1-4H3,(H,32,41)(H,33,35,36). The number of carbonyl (C=O) groups is 1. The topological polar surface area (TPSA) is 131 Å². The number of anilines is 2. The van der Waals surface area contributed by atoms with Crippen LogP contribution in [0.2, 0.25) is 0 Å². The Labute approximate surface area is 238 Å². The number of fused-ring (bicyclic) bond motifs is 2. The highest BCUT2D eigenvalue weighted by atomic mass is 16.1. The average molecular weight is 553 g/mol. The Kier molecular flexibility index (Phi) is 7.04. The van der Waals surface area contributed by atoms with Crippen LogP contribution in [0.3, 0.4) is 0 Å². The molecule has 0 atom stereocenters.